The number of carbonyl (C=O) groups excluding carboxylic acids is 1. The fourth-order valence-electron chi connectivity index (χ4n) is 1.72. The molecule has 0 aliphatic heterocycles. The summed E-state index contributed by atoms with van der Waals surface area (Å²) in [6, 6.07) is 1.30. The zero-order valence-electron chi connectivity index (χ0n) is 12.9. The molecule has 0 aromatic heterocycles. The molecule has 114 valence electrons. The topological polar surface area (TPSA) is 93.4 Å². The molecule has 20 heavy (non-hydrogen) atoms. The van der Waals surface area contributed by atoms with E-state index in [9.17, 15) is 9.59 Å². The Bertz CT molecular complexity index is 382. The summed E-state index contributed by atoms with van der Waals surface area (Å²) in [6.07, 6.45) is -0.124. The lowest BCUT2D eigenvalue weighted by Gasteiger charge is -2.33. The number of carboxylic acid groups (broad SMARTS) is 1. The molecule has 2 N–H and O–H groups in total. The minimum absolute atomic E-state index is 0.124. The molecule has 6 heteroatoms. The van der Waals surface area contributed by atoms with Gasteiger partial charge in [0.2, 0.25) is 0 Å². The standard InChI is InChI=1S/C14H25N3O3/c1-6-17(9-10(2)8-15)13(20)16-11(7-12(18)19)14(3,4)5/h10-11H,6-7,9H2,1-5H3,(H,16,20)(H,18,19). The van der Waals surface area contributed by atoms with Gasteiger partial charge in [-0.3, -0.25) is 4.79 Å². The summed E-state index contributed by atoms with van der Waals surface area (Å²) in [7, 11) is 0. The van der Waals surface area contributed by atoms with Crippen molar-refractivity contribution in [2.24, 2.45) is 11.3 Å². The first-order valence-corrected chi connectivity index (χ1v) is 6.78. The van der Waals surface area contributed by atoms with Gasteiger partial charge >= 0.3 is 12.0 Å². The lowest BCUT2D eigenvalue weighted by molar-refractivity contribution is -0.138. The van der Waals surface area contributed by atoms with Crippen LogP contribution >= 0.6 is 0 Å². The van der Waals surface area contributed by atoms with E-state index in [4.69, 9.17) is 10.4 Å². The quantitative estimate of drug-likeness (QED) is 0.780. The summed E-state index contributed by atoms with van der Waals surface area (Å²) in [5, 5.41) is 20.5. The number of carbonyl (C=O) groups is 2. The van der Waals surface area contributed by atoms with Gasteiger partial charge in [-0.15, -0.1) is 0 Å². The van der Waals surface area contributed by atoms with Crippen LogP contribution in [0.2, 0.25) is 0 Å². The zero-order chi connectivity index (χ0) is 15.9. The number of hydrogen-bond donors (Lipinski definition) is 2. The molecule has 0 aromatic rings. The summed E-state index contributed by atoms with van der Waals surface area (Å²) in [5.74, 6) is -1.20. The van der Waals surface area contributed by atoms with Gasteiger partial charge in [0, 0.05) is 19.1 Å². The second-order valence-corrected chi connectivity index (χ2v) is 6.03. The first-order chi connectivity index (χ1) is 9.11. The highest BCUT2D eigenvalue weighted by atomic mass is 16.4. The Kier molecular flexibility index (Phi) is 7.05. The smallest absolute Gasteiger partial charge is 0.317 e. The minimum atomic E-state index is -0.946. The van der Waals surface area contributed by atoms with Crippen molar-refractivity contribution in [1.82, 2.24) is 10.2 Å². The Morgan fingerprint density at radius 2 is 1.95 bits per heavy atom. The number of nitrogens with one attached hydrogen (secondary N) is 1. The van der Waals surface area contributed by atoms with E-state index >= 15 is 0 Å². The number of carboxylic acids is 1. The van der Waals surface area contributed by atoms with Crippen molar-refractivity contribution in [3.63, 3.8) is 0 Å². The lowest BCUT2D eigenvalue weighted by Crippen LogP contribution is -2.51. The third-order valence-corrected chi connectivity index (χ3v) is 3.11. The third-order valence-electron chi connectivity index (χ3n) is 3.11. The summed E-state index contributed by atoms with van der Waals surface area (Å²) in [5.41, 5.74) is -0.353. The van der Waals surface area contributed by atoms with Crippen molar-refractivity contribution in [2.75, 3.05) is 13.1 Å². The molecule has 0 fully saturated rings. The average molecular weight is 283 g/mol. The second-order valence-electron chi connectivity index (χ2n) is 6.03. The largest absolute Gasteiger partial charge is 0.481 e. The Morgan fingerprint density at radius 3 is 2.30 bits per heavy atom. The summed E-state index contributed by atoms with van der Waals surface area (Å²) < 4.78 is 0. The zero-order valence-corrected chi connectivity index (χ0v) is 12.9. The predicted molar refractivity (Wildman–Crippen MR) is 76.1 cm³/mol. The number of nitriles is 1. The molecular formula is C14H25N3O3. The van der Waals surface area contributed by atoms with Gasteiger partial charge in [0.25, 0.3) is 0 Å². The number of rotatable bonds is 6. The van der Waals surface area contributed by atoms with Crippen molar-refractivity contribution >= 4 is 12.0 Å². The third kappa shape index (κ3) is 6.41. The highest BCUT2D eigenvalue weighted by molar-refractivity contribution is 5.76. The monoisotopic (exact) mass is 283 g/mol. The molecule has 6 nitrogen and oxygen atoms in total. The maximum absolute atomic E-state index is 12.2. The van der Waals surface area contributed by atoms with Gasteiger partial charge in [-0.1, -0.05) is 20.8 Å². The molecule has 0 aliphatic carbocycles. The summed E-state index contributed by atoms with van der Waals surface area (Å²) in [6.45, 7) is 10.0. The van der Waals surface area contributed by atoms with Crippen LogP contribution in [0.4, 0.5) is 4.79 Å². The van der Waals surface area contributed by atoms with E-state index in [1.54, 1.807) is 6.92 Å². The Labute approximate surface area is 120 Å². The summed E-state index contributed by atoms with van der Waals surface area (Å²) >= 11 is 0. The molecule has 0 saturated carbocycles. The molecule has 0 heterocycles. The van der Waals surface area contributed by atoms with Gasteiger partial charge < -0.3 is 15.3 Å². The van der Waals surface area contributed by atoms with Gasteiger partial charge in [-0.25, -0.2) is 4.79 Å². The molecule has 0 aliphatic rings. The van der Waals surface area contributed by atoms with Crippen LogP contribution in [0.3, 0.4) is 0 Å². The fourth-order valence-corrected chi connectivity index (χ4v) is 1.72. The fraction of sp³-hybridized carbons (Fsp3) is 0.786. The van der Waals surface area contributed by atoms with E-state index in [0.29, 0.717) is 13.1 Å². The van der Waals surface area contributed by atoms with Crippen molar-refractivity contribution in [2.45, 2.75) is 47.1 Å². The first-order valence-electron chi connectivity index (χ1n) is 6.78. The van der Waals surface area contributed by atoms with Gasteiger partial charge in [-0.05, 0) is 19.3 Å². The molecule has 0 rings (SSSR count). The molecule has 2 unspecified atom stereocenters. The molecule has 0 radical (unpaired) electrons. The molecule has 0 bridgehead atoms. The van der Waals surface area contributed by atoms with Crippen LogP contribution in [0.1, 0.15) is 41.0 Å². The highest BCUT2D eigenvalue weighted by Gasteiger charge is 2.29. The number of amides is 2. The normalized spacial score (nSPS) is 14.0. The van der Waals surface area contributed by atoms with Crippen molar-refractivity contribution in [1.29, 1.82) is 5.26 Å². The van der Waals surface area contributed by atoms with Crippen LogP contribution in [-0.2, 0) is 4.79 Å². The van der Waals surface area contributed by atoms with Gasteiger partial charge in [0.15, 0.2) is 0 Å². The van der Waals surface area contributed by atoms with E-state index < -0.39 is 12.0 Å². The minimum Gasteiger partial charge on any atom is -0.481 e. The van der Waals surface area contributed by atoms with Crippen LogP contribution in [0, 0.1) is 22.7 Å². The van der Waals surface area contributed by atoms with Gasteiger partial charge in [-0.2, -0.15) is 5.26 Å². The van der Waals surface area contributed by atoms with E-state index in [-0.39, 0.29) is 23.8 Å². The predicted octanol–water partition coefficient (Wildman–Crippen LogP) is 2.07. The van der Waals surface area contributed by atoms with Crippen molar-refractivity contribution in [3.05, 3.63) is 0 Å². The molecule has 2 amide bonds. The maximum atomic E-state index is 12.2. The molecule has 0 spiro atoms. The van der Waals surface area contributed by atoms with E-state index in [1.165, 1.54) is 4.90 Å². The van der Waals surface area contributed by atoms with Crippen LogP contribution in [-0.4, -0.2) is 41.1 Å². The van der Waals surface area contributed by atoms with Gasteiger partial charge in [0.05, 0.1) is 18.4 Å². The van der Waals surface area contributed by atoms with Crippen LogP contribution < -0.4 is 5.32 Å². The van der Waals surface area contributed by atoms with Crippen LogP contribution in [0.15, 0.2) is 0 Å². The number of aliphatic carboxylic acids is 1. The molecular weight excluding hydrogens is 258 g/mol. The molecule has 0 saturated heterocycles. The number of urea groups is 1. The maximum Gasteiger partial charge on any atom is 0.317 e. The SMILES string of the molecule is CCN(CC(C)C#N)C(=O)NC(CC(=O)O)C(C)(C)C. The highest BCUT2D eigenvalue weighted by Crippen LogP contribution is 2.22. The van der Waals surface area contributed by atoms with Crippen molar-refractivity contribution in [3.8, 4) is 6.07 Å². The Hall–Kier alpha value is -1.77. The van der Waals surface area contributed by atoms with Crippen molar-refractivity contribution < 1.29 is 14.7 Å². The Balaban J connectivity index is 4.81. The van der Waals surface area contributed by atoms with Crippen LogP contribution in [0.25, 0.3) is 0 Å². The first kappa shape index (κ1) is 18.2. The molecule has 2 atom stereocenters. The summed E-state index contributed by atoms with van der Waals surface area (Å²) in [4.78, 5) is 24.6. The second kappa shape index (κ2) is 7.73. The average Bonchev–Trinajstić information content (AvgIpc) is 2.32. The van der Waals surface area contributed by atoms with E-state index in [0.717, 1.165) is 0 Å². The van der Waals surface area contributed by atoms with Gasteiger partial charge in [0.1, 0.15) is 0 Å². The number of nitrogens with zero attached hydrogens (tertiary/aromatic N) is 2. The van der Waals surface area contributed by atoms with E-state index in [2.05, 4.69) is 11.4 Å². The Morgan fingerprint density at radius 1 is 1.40 bits per heavy atom. The lowest BCUT2D eigenvalue weighted by atomic mass is 9.85. The van der Waals surface area contributed by atoms with Crippen LogP contribution in [0.5, 0.6) is 0 Å². The number of hydrogen-bond acceptors (Lipinski definition) is 3. The molecule has 0 aromatic carbocycles. The van der Waals surface area contributed by atoms with E-state index in [1.807, 2.05) is 27.7 Å².